The Bertz CT molecular complexity index is 401. The second-order valence-corrected chi connectivity index (χ2v) is 4.56. The van der Waals surface area contributed by atoms with E-state index in [1.165, 1.54) is 26.4 Å². The number of piperidine rings is 1. The minimum atomic E-state index is -0.297. The number of ether oxygens (including phenoxy) is 1. The van der Waals surface area contributed by atoms with Crippen molar-refractivity contribution in [3.8, 4) is 0 Å². The molecular formula is C14H20N2O2. The molecule has 0 aromatic heterocycles. The van der Waals surface area contributed by atoms with Crippen molar-refractivity contribution in [2.45, 2.75) is 25.3 Å². The Kier molecular flexibility index (Phi) is 4.59. The van der Waals surface area contributed by atoms with E-state index in [0.29, 0.717) is 11.6 Å². The zero-order valence-electron chi connectivity index (χ0n) is 10.7. The van der Waals surface area contributed by atoms with Gasteiger partial charge in [0.2, 0.25) is 0 Å². The van der Waals surface area contributed by atoms with Crippen LogP contribution in [0.1, 0.15) is 29.6 Å². The quantitative estimate of drug-likeness (QED) is 0.800. The Hall–Kier alpha value is -1.55. The molecule has 1 aliphatic heterocycles. The van der Waals surface area contributed by atoms with Crippen molar-refractivity contribution in [2.75, 3.05) is 25.5 Å². The molecule has 1 aromatic carbocycles. The maximum Gasteiger partial charge on any atom is 0.339 e. The summed E-state index contributed by atoms with van der Waals surface area (Å²) in [4.78, 5) is 11.6. The van der Waals surface area contributed by atoms with Crippen LogP contribution in [0.4, 0.5) is 5.69 Å². The van der Waals surface area contributed by atoms with Crippen LogP contribution in [0, 0.1) is 0 Å². The number of anilines is 1. The van der Waals surface area contributed by atoms with Crippen molar-refractivity contribution >= 4 is 11.7 Å². The average Bonchev–Trinajstić information content (AvgIpc) is 2.45. The van der Waals surface area contributed by atoms with E-state index in [2.05, 4.69) is 10.6 Å². The van der Waals surface area contributed by atoms with Gasteiger partial charge in [-0.15, -0.1) is 0 Å². The lowest BCUT2D eigenvalue weighted by Gasteiger charge is -2.24. The van der Waals surface area contributed by atoms with Crippen molar-refractivity contribution in [3.63, 3.8) is 0 Å². The van der Waals surface area contributed by atoms with Gasteiger partial charge in [0.1, 0.15) is 0 Å². The third-order valence-corrected chi connectivity index (χ3v) is 3.28. The number of para-hydroxylation sites is 1. The van der Waals surface area contributed by atoms with Crippen LogP contribution in [-0.2, 0) is 4.74 Å². The van der Waals surface area contributed by atoms with Crippen molar-refractivity contribution < 1.29 is 9.53 Å². The summed E-state index contributed by atoms with van der Waals surface area (Å²) in [5.41, 5.74) is 1.44. The number of carbonyl (C=O) groups excluding carboxylic acids is 1. The molecule has 98 valence electrons. The molecule has 0 radical (unpaired) electrons. The molecule has 1 aromatic rings. The van der Waals surface area contributed by atoms with E-state index >= 15 is 0 Å². The Morgan fingerprint density at radius 2 is 2.28 bits per heavy atom. The first-order valence-electron chi connectivity index (χ1n) is 6.46. The molecular weight excluding hydrogens is 228 g/mol. The van der Waals surface area contributed by atoms with Crippen molar-refractivity contribution in [3.05, 3.63) is 29.8 Å². The Morgan fingerprint density at radius 1 is 1.44 bits per heavy atom. The van der Waals surface area contributed by atoms with Crippen LogP contribution in [0.3, 0.4) is 0 Å². The van der Waals surface area contributed by atoms with E-state index in [4.69, 9.17) is 4.74 Å². The first kappa shape index (κ1) is 12.9. The van der Waals surface area contributed by atoms with Gasteiger partial charge < -0.3 is 15.4 Å². The van der Waals surface area contributed by atoms with Gasteiger partial charge in [-0.2, -0.15) is 0 Å². The molecule has 2 N–H and O–H groups in total. The third kappa shape index (κ3) is 3.23. The van der Waals surface area contributed by atoms with E-state index in [1.54, 1.807) is 6.07 Å². The molecule has 0 saturated carbocycles. The first-order chi connectivity index (χ1) is 8.81. The molecule has 1 atom stereocenters. The Morgan fingerprint density at radius 3 is 3.00 bits per heavy atom. The number of methoxy groups -OCH3 is 1. The lowest BCUT2D eigenvalue weighted by Crippen LogP contribution is -2.39. The highest BCUT2D eigenvalue weighted by Gasteiger charge is 2.14. The molecule has 2 rings (SSSR count). The fourth-order valence-corrected chi connectivity index (χ4v) is 2.26. The normalized spacial score (nSPS) is 19.3. The van der Waals surface area contributed by atoms with Gasteiger partial charge >= 0.3 is 5.97 Å². The standard InChI is InChI=1S/C14H20N2O2/c1-18-14(17)12-7-2-3-8-13(12)16-10-11-6-4-5-9-15-11/h2-3,7-8,11,15-16H,4-6,9-10H2,1H3. The molecule has 0 bridgehead atoms. The molecule has 1 aliphatic rings. The summed E-state index contributed by atoms with van der Waals surface area (Å²) in [7, 11) is 1.40. The molecule has 1 saturated heterocycles. The predicted octanol–water partition coefficient (Wildman–Crippen LogP) is 2.03. The summed E-state index contributed by atoms with van der Waals surface area (Å²) >= 11 is 0. The zero-order valence-corrected chi connectivity index (χ0v) is 10.7. The summed E-state index contributed by atoms with van der Waals surface area (Å²) in [6.45, 7) is 1.93. The van der Waals surface area contributed by atoms with E-state index in [9.17, 15) is 4.79 Å². The third-order valence-electron chi connectivity index (χ3n) is 3.28. The van der Waals surface area contributed by atoms with Crippen LogP contribution in [0.5, 0.6) is 0 Å². The summed E-state index contributed by atoms with van der Waals surface area (Å²) in [5, 5.41) is 6.81. The van der Waals surface area contributed by atoms with Gasteiger partial charge in [-0.05, 0) is 31.5 Å². The van der Waals surface area contributed by atoms with Crippen LogP contribution in [0.2, 0.25) is 0 Å². The Balaban J connectivity index is 1.97. The van der Waals surface area contributed by atoms with Crippen LogP contribution >= 0.6 is 0 Å². The topological polar surface area (TPSA) is 50.4 Å². The molecule has 0 amide bonds. The van der Waals surface area contributed by atoms with Gasteiger partial charge in [0.25, 0.3) is 0 Å². The molecule has 0 spiro atoms. The molecule has 18 heavy (non-hydrogen) atoms. The average molecular weight is 248 g/mol. The number of rotatable bonds is 4. The molecule has 1 fully saturated rings. The minimum absolute atomic E-state index is 0.297. The van der Waals surface area contributed by atoms with Crippen LogP contribution in [-0.4, -0.2) is 32.2 Å². The number of carbonyl (C=O) groups is 1. The van der Waals surface area contributed by atoms with Gasteiger partial charge in [0.05, 0.1) is 12.7 Å². The molecule has 1 heterocycles. The lowest BCUT2D eigenvalue weighted by molar-refractivity contribution is 0.0602. The number of benzene rings is 1. The second kappa shape index (κ2) is 6.40. The van der Waals surface area contributed by atoms with Crippen LogP contribution < -0.4 is 10.6 Å². The monoisotopic (exact) mass is 248 g/mol. The van der Waals surface area contributed by atoms with E-state index in [-0.39, 0.29) is 5.97 Å². The van der Waals surface area contributed by atoms with Crippen LogP contribution in [0.25, 0.3) is 0 Å². The van der Waals surface area contributed by atoms with Gasteiger partial charge in [0.15, 0.2) is 0 Å². The number of nitrogens with one attached hydrogen (secondary N) is 2. The van der Waals surface area contributed by atoms with Crippen LogP contribution in [0.15, 0.2) is 24.3 Å². The highest BCUT2D eigenvalue weighted by molar-refractivity contribution is 5.95. The second-order valence-electron chi connectivity index (χ2n) is 4.56. The number of hydrogen-bond acceptors (Lipinski definition) is 4. The maximum atomic E-state index is 11.6. The summed E-state index contributed by atoms with van der Waals surface area (Å²) in [6, 6.07) is 7.95. The Labute approximate surface area is 108 Å². The van der Waals surface area contributed by atoms with E-state index in [1.807, 2.05) is 18.2 Å². The SMILES string of the molecule is COC(=O)c1ccccc1NCC1CCCCN1. The molecule has 4 heteroatoms. The van der Waals surface area contributed by atoms with Gasteiger partial charge in [-0.3, -0.25) is 0 Å². The maximum absolute atomic E-state index is 11.6. The number of esters is 1. The fourth-order valence-electron chi connectivity index (χ4n) is 2.26. The summed E-state index contributed by atoms with van der Waals surface area (Å²) < 4.78 is 4.77. The summed E-state index contributed by atoms with van der Waals surface area (Å²) in [5.74, 6) is -0.297. The van der Waals surface area contributed by atoms with E-state index in [0.717, 1.165) is 18.8 Å². The van der Waals surface area contributed by atoms with Gasteiger partial charge in [-0.1, -0.05) is 18.6 Å². The number of hydrogen-bond donors (Lipinski definition) is 2. The smallest absolute Gasteiger partial charge is 0.339 e. The molecule has 1 unspecified atom stereocenters. The largest absolute Gasteiger partial charge is 0.465 e. The lowest BCUT2D eigenvalue weighted by atomic mass is 10.0. The highest BCUT2D eigenvalue weighted by Crippen LogP contribution is 2.16. The van der Waals surface area contributed by atoms with E-state index < -0.39 is 0 Å². The first-order valence-corrected chi connectivity index (χ1v) is 6.46. The zero-order chi connectivity index (χ0) is 12.8. The minimum Gasteiger partial charge on any atom is -0.465 e. The van der Waals surface area contributed by atoms with Gasteiger partial charge in [-0.25, -0.2) is 4.79 Å². The van der Waals surface area contributed by atoms with Crippen molar-refractivity contribution in [2.24, 2.45) is 0 Å². The van der Waals surface area contributed by atoms with Crippen molar-refractivity contribution in [1.29, 1.82) is 0 Å². The van der Waals surface area contributed by atoms with Crippen molar-refractivity contribution in [1.82, 2.24) is 5.32 Å². The molecule has 4 nitrogen and oxygen atoms in total. The highest BCUT2D eigenvalue weighted by atomic mass is 16.5. The predicted molar refractivity (Wildman–Crippen MR) is 71.9 cm³/mol. The summed E-state index contributed by atoms with van der Waals surface area (Å²) in [6.07, 6.45) is 3.72. The molecule has 0 aliphatic carbocycles. The fraction of sp³-hybridized carbons (Fsp3) is 0.500. The van der Waals surface area contributed by atoms with Gasteiger partial charge in [0, 0.05) is 18.3 Å².